The molecule has 0 unspecified atom stereocenters. The van der Waals surface area contributed by atoms with Gasteiger partial charge in [-0.2, -0.15) is 0 Å². The number of nitrogens with zero attached hydrogens (tertiary/aromatic N) is 1. The number of imide groups is 1. The summed E-state index contributed by atoms with van der Waals surface area (Å²) in [5.74, 6) is -0.434. The predicted molar refractivity (Wildman–Crippen MR) is 133 cm³/mol. The fraction of sp³-hybridized carbons (Fsp3) is 0.0833. The van der Waals surface area contributed by atoms with E-state index in [0.717, 1.165) is 22.2 Å². The summed E-state index contributed by atoms with van der Waals surface area (Å²) in [4.78, 5) is 26.4. The highest BCUT2D eigenvalue weighted by Gasteiger charge is 2.35. The zero-order valence-corrected chi connectivity index (χ0v) is 20.8. The standard InChI is InChI=1S/C24H15BrCl2FNO3S/c25-18-10-15(6-9-21(18)32-13-14-4-7-16(26)8-5-14)11-22-23(30)29(24(31)33-22)12-17-19(27)2-1-3-20(17)28/h1-11H,12-13H2/b22-11-. The van der Waals surface area contributed by atoms with E-state index in [0.29, 0.717) is 27.4 Å². The maximum absolute atomic E-state index is 14.1. The van der Waals surface area contributed by atoms with E-state index >= 15 is 0 Å². The highest BCUT2D eigenvalue weighted by atomic mass is 79.9. The van der Waals surface area contributed by atoms with Crippen molar-refractivity contribution in [3.05, 3.63) is 103 Å². The van der Waals surface area contributed by atoms with Crippen LogP contribution < -0.4 is 4.74 Å². The molecule has 2 amide bonds. The highest BCUT2D eigenvalue weighted by molar-refractivity contribution is 9.10. The molecule has 1 aliphatic heterocycles. The van der Waals surface area contributed by atoms with E-state index in [1.807, 2.05) is 12.1 Å². The van der Waals surface area contributed by atoms with Crippen LogP contribution in [0.15, 0.2) is 70.0 Å². The normalized spacial score (nSPS) is 14.9. The van der Waals surface area contributed by atoms with Gasteiger partial charge < -0.3 is 4.74 Å². The van der Waals surface area contributed by atoms with Crippen molar-refractivity contribution in [2.24, 2.45) is 0 Å². The predicted octanol–water partition coefficient (Wildman–Crippen LogP) is 7.71. The molecule has 3 aromatic carbocycles. The first-order valence-electron chi connectivity index (χ1n) is 9.67. The molecule has 0 saturated carbocycles. The van der Waals surface area contributed by atoms with Crippen LogP contribution in [0.1, 0.15) is 16.7 Å². The lowest BCUT2D eigenvalue weighted by Gasteiger charge is -2.14. The first kappa shape index (κ1) is 23.8. The summed E-state index contributed by atoms with van der Waals surface area (Å²) in [6.07, 6.45) is 1.61. The summed E-state index contributed by atoms with van der Waals surface area (Å²) in [5, 5.41) is 0.342. The van der Waals surface area contributed by atoms with Crippen LogP contribution in [0.5, 0.6) is 5.75 Å². The minimum atomic E-state index is -0.566. The first-order chi connectivity index (χ1) is 15.8. The Bertz CT molecular complexity index is 1250. The van der Waals surface area contributed by atoms with Gasteiger partial charge >= 0.3 is 0 Å². The Morgan fingerprint density at radius 2 is 1.82 bits per heavy atom. The second-order valence-electron chi connectivity index (χ2n) is 7.07. The van der Waals surface area contributed by atoms with E-state index in [9.17, 15) is 14.0 Å². The van der Waals surface area contributed by atoms with Crippen molar-refractivity contribution in [3.8, 4) is 5.75 Å². The van der Waals surface area contributed by atoms with Crippen LogP contribution in [0, 0.1) is 5.82 Å². The molecule has 0 N–H and O–H groups in total. The molecule has 1 saturated heterocycles. The van der Waals surface area contributed by atoms with E-state index < -0.39 is 17.0 Å². The molecule has 0 atom stereocenters. The van der Waals surface area contributed by atoms with Crippen molar-refractivity contribution in [3.63, 3.8) is 0 Å². The topological polar surface area (TPSA) is 46.6 Å². The molecule has 33 heavy (non-hydrogen) atoms. The minimum Gasteiger partial charge on any atom is -0.488 e. The smallest absolute Gasteiger partial charge is 0.293 e. The van der Waals surface area contributed by atoms with Crippen molar-refractivity contribution in [1.29, 1.82) is 0 Å². The maximum Gasteiger partial charge on any atom is 0.293 e. The van der Waals surface area contributed by atoms with Gasteiger partial charge in [0.1, 0.15) is 18.2 Å². The van der Waals surface area contributed by atoms with Crippen molar-refractivity contribution in [2.45, 2.75) is 13.2 Å². The number of amides is 2. The van der Waals surface area contributed by atoms with Crippen LogP contribution in [0.3, 0.4) is 0 Å². The Balaban J connectivity index is 1.47. The average molecular weight is 567 g/mol. The molecule has 3 aromatic rings. The number of thioether (sulfide) groups is 1. The third kappa shape index (κ3) is 5.61. The van der Waals surface area contributed by atoms with Gasteiger partial charge in [-0.25, -0.2) is 4.39 Å². The number of benzene rings is 3. The van der Waals surface area contributed by atoms with E-state index in [-0.39, 0.29) is 22.0 Å². The molecule has 1 fully saturated rings. The van der Waals surface area contributed by atoms with Gasteiger partial charge in [-0.3, -0.25) is 14.5 Å². The van der Waals surface area contributed by atoms with Gasteiger partial charge in [-0.1, -0.05) is 47.5 Å². The van der Waals surface area contributed by atoms with Crippen LogP contribution in [-0.2, 0) is 17.9 Å². The van der Waals surface area contributed by atoms with Crippen molar-refractivity contribution in [1.82, 2.24) is 4.90 Å². The molecule has 0 aromatic heterocycles. The van der Waals surface area contributed by atoms with E-state index in [4.69, 9.17) is 27.9 Å². The Hall–Kier alpha value is -2.32. The lowest BCUT2D eigenvalue weighted by Crippen LogP contribution is -2.28. The molecule has 168 valence electrons. The molecule has 4 nitrogen and oxygen atoms in total. The number of hydrogen-bond acceptors (Lipinski definition) is 4. The van der Waals surface area contributed by atoms with Gasteiger partial charge in [0.05, 0.1) is 15.9 Å². The lowest BCUT2D eigenvalue weighted by atomic mass is 10.2. The SMILES string of the molecule is O=C1S/C(=C\c2ccc(OCc3ccc(Cl)cc3)c(Br)c2)C(=O)N1Cc1c(F)cccc1Cl. The molecule has 0 spiro atoms. The molecule has 1 heterocycles. The van der Waals surface area contributed by atoms with Gasteiger partial charge in [0.25, 0.3) is 11.1 Å². The van der Waals surface area contributed by atoms with Crippen LogP contribution in [-0.4, -0.2) is 16.0 Å². The van der Waals surface area contributed by atoms with Crippen molar-refractivity contribution in [2.75, 3.05) is 0 Å². The fourth-order valence-electron chi connectivity index (χ4n) is 3.09. The van der Waals surface area contributed by atoms with Crippen LogP contribution in [0.2, 0.25) is 10.0 Å². The van der Waals surface area contributed by atoms with Gasteiger partial charge in [0.2, 0.25) is 0 Å². The molecule has 4 rings (SSSR count). The number of hydrogen-bond donors (Lipinski definition) is 0. The van der Waals surface area contributed by atoms with Gasteiger partial charge in [0, 0.05) is 15.6 Å². The Labute approximate surface area is 212 Å². The minimum absolute atomic E-state index is 0.104. The monoisotopic (exact) mass is 565 g/mol. The van der Waals surface area contributed by atoms with Crippen LogP contribution >= 0.6 is 50.9 Å². The third-order valence-corrected chi connectivity index (χ3v) is 6.95. The number of halogens is 4. The molecule has 9 heteroatoms. The highest BCUT2D eigenvalue weighted by Crippen LogP contribution is 2.36. The van der Waals surface area contributed by atoms with Gasteiger partial charge in [-0.15, -0.1) is 0 Å². The molecular weight excluding hydrogens is 552 g/mol. The first-order valence-corrected chi connectivity index (χ1v) is 12.0. The van der Waals surface area contributed by atoms with Crippen LogP contribution in [0.25, 0.3) is 6.08 Å². The Kier molecular flexibility index (Phi) is 7.44. The Morgan fingerprint density at radius 1 is 1.06 bits per heavy atom. The van der Waals surface area contributed by atoms with E-state index in [1.165, 1.54) is 18.2 Å². The lowest BCUT2D eigenvalue weighted by molar-refractivity contribution is -0.123. The maximum atomic E-state index is 14.1. The summed E-state index contributed by atoms with van der Waals surface area (Å²) in [7, 11) is 0. The number of carbonyl (C=O) groups is 2. The average Bonchev–Trinajstić information content (AvgIpc) is 3.04. The Morgan fingerprint density at radius 3 is 2.52 bits per heavy atom. The molecule has 0 bridgehead atoms. The van der Waals surface area contributed by atoms with E-state index in [2.05, 4.69) is 15.9 Å². The zero-order chi connectivity index (χ0) is 23.5. The summed E-state index contributed by atoms with van der Waals surface area (Å²) in [5.41, 5.74) is 1.78. The van der Waals surface area contributed by atoms with Gasteiger partial charge in [-0.05, 0) is 81.3 Å². The summed E-state index contributed by atoms with van der Waals surface area (Å²) in [6, 6.07) is 16.9. The van der Waals surface area contributed by atoms with Crippen LogP contribution in [0.4, 0.5) is 9.18 Å². The second kappa shape index (κ2) is 10.3. The van der Waals surface area contributed by atoms with Crippen molar-refractivity contribution < 1.29 is 18.7 Å². The largest absolute Gasteiger partial charge is 0.488 e. The van der Waals surface area contributed by atoms with Gasteiger partial charge in [0.15, 0.2) is 0 Å². The number of carbonyl (C=O) groups excluding carboxylic acids is 2. The quantitative estimate of drug-likeness (QED) is 0.287. The van der Waals surface area contributed by atoms with Crippen molar-refractivity contribution >= 4 is 68.1 Å². The number of rotatable bonds is 6. The summed E-state index contributed by atoms with van der Waals surface area (Å²) >= 11 is 16.2. The molecule has 1 aliphatic rings. The molecular formula is C24H15BrCl2FNO3S. The van der Waals surface area contributed by atoms with E-state index in [1.54, 1.807) is 36.4 Å². The number of ether oxygens (including phenoxy) is 1. The summed E-state index contributed by atoms with van der Waals surface area (Å²) in [6.45, 7) is 0.140. The zero-order valence-electron chi connectivity index (χ0n) is 16.9. The summed E-state index contributed by atoms with van der Waals surface area (Å²) < 4.78 is 20.6. The third-order valence-electron chi connectivity index (χ3n) is 4.81. The molecule has 0 aliphatic carbocycles. The fourth-order valence-corrected chi connectivity index (χ4v) is 4.79. The second-order valence-corrected chi connectivity index (χ2v) is 9.76. The molecule has 0 radical (unpaired) electrons.